The normalized spacial score (nSPS) is 12.3. The van der Waals surface area contributed by atoms with E-state index in [2.05, 4.69) is 10.3 Å². The minimum absolute atomic E-state index is 0.133. The van der Waals surface area contributed by atoms with Crippen molar-refractivity contribution in [1.82, 2.24) is 10.3 Å². The fraction of sp³-hybridized carbons (Fsp3) is 0.286. The summed E-state index contributed by atoms with van der Waals surface area (Å²) in [5, 5.41) is 12.3. The van der Waals surface area contributed by atoms with Gasteiger partial charge in [0.05, 0.1) is 5.69 Å². The summed E-state index contributed by atoms with van der Waals surface area (Å²) >= 11 is 1.31. The maximum Gasteiger partial charge on any atom is 0.345 e. The first-order valence-electron chi connectivity index (χ1n) is 6.05. The number of hydrogen-bond acceptors (Lipinski definition) is 4. The number of nitrogens with one attached hydrogen (secondary N) is 1. The highest BCUT2D eigenvalue weighted by Gasteiger charge is 2.12. The number of nitrogens with zero attached hydrogens (tertiary/aromatic N) is 1. The highest BCUT2D eigenvalue weighted by atomic mass is 32.1. The molecule has 19 heavy (non-hydrogen) atoms. The second-order valence-electron chi connectivity index (χ2n) is 4.35. The second-order valence-corrected chi connectivity index (χ2v) is 5.61. The third kappa shape index (κ3) is 3.39. The van der Waals surface area contributed by atoms with Gasteiger partial charge in [-0.25, -0.2) is 4.79 Å². The zero-order valence-electron chi connectivity index (χ0n) is 10.9. The largest absolute Gasteiger partial charge is 0.477 e. The molecule has 0 amide bonds. The highest BCUT2D eigenvalue weighted by Crippen LogP contribution is 2.22. The lowest BCUT2D eigenvalue weighted by Crippen LogP contribution is -2.19. The van der Waals surface area contributed by atoms with Crippen LogP contribution in [0.3, 0.4) is 0 Å². The number of carbonyl (C=O) groups is 1. The fourth-order valence-electron chi connectivity index (χ4n) is 1.80. The average Bonchev–Trinajstić information content (AvgIpc) is 2.79. The van der Waals surface area contributed by atoms with Gasteiger partial charge in [-0.05, 0) is 37.6 Å². The summed E-state index contributed by atoms with van der Waals surface area (Å²) in [5.74, 6) is -0.864. The number of pyridine rings is 1. The Kier molecular flexibility index (Phi) is 4.29. The molecule has 0 aliphatic heterocycles. The monoisotopic (exact) mass is 276 g/mol. The molecule has 5 heteroatoms. The highest BCUT2D eigenvalue weighted by molar-refractivity contribution is 7.14. The Labute approximate surface area is 116 Å². The van der Waals surface area contributed by atoms with Crippen LogP contribution in [-0.4, -0.2) is 16.1 Å². The Hall–Kier alpha value is -1.72. The number of aromatic carboxylic acids is 1. The van der Waals surface area contributed by atoms with Gasteiger partial charge >= 0.3 is 5.97 Å². The zero-order valence-corrected chi connectivity index (χ0v) is 11.7. The Morgan fingerprint density at radius 2 is 2.32 bits per heavy atom. The molecule has 0 radical (unpaired) electrons. The average molecular weight is 276 g/mol. The Bertz CT molecular complexity index is 566. The molecule has 2 aromatic rings. The van der Waals surface area contributed by atoms with Crippen molar-refractivity contribution in [3.05, 3.63) is 51.5 Å². The summed E-state index contributed by atoms with van der Waals surface area (Å²) in [6, 6.07) is 7.69. The predicted octanol–water partition coefficient (Wildman–Crippen LogP) is 3.00. The first kappa shape index (κ1) is 13.7. The lowest BCUT2D eigenvalue weighted by Gasteiger charge is -2.12. The third-order valence-electron chi connectivity index (χ3n) is 2.96. The molecule has 4 nitrogen and oxygen atoms in total. The van der Waals surface area contributed by atoms with Crippen molar-refractivity contribution in [3.8, 4) is 0 Å². The molecule has 0 fully saturated rings. The molecular weight excluding hydrogens is 260 g/mol. The molecule has 0 aliphatic carbocycles. The van der Waals surface area contributed by atoms with Crippen LogP contribution in [-0.2, 0) is 6.54 Å². The fourth-order valence-corrected chi connectivity index (χ4v) is 2.68. The zero-order chi connectivity index (χ0) is 13.8. The SMILES string of the molecule is Cc1sc(C(=O)O)cc1CN[C@@H](C)c1ccccn1. The van der Waals surface area contributed by atoms with Gasteiger partial charge in [-0.2, -0.15) is 0 Å². The van der Waals surface area contributed by atoms with E-state index in [4.69, 9.17) is 5.11 Å². The molecule has 0 saturated carbocycles. The van der Waals surface area contributed by atoms with Crippen LogP contribution in [0, 0.1) is 6.92 Å². The van der Waals surface area contributed by atoms with Crippen molar-refractivity contribution in [2.45, 2.75) is 26.4 Å². The van der Waals surface area contributed by atoms with Crippen molar-refractivity contribution >= 4 is 17.3 Å². The molecule has 0 bridgehead atoms. The molecular formula is C14H16N2O2S. The molecule has 2 rings (SSSR count). The number of aryl methyl sites for hydroxylation is 1. The summed E-state index contributed by atoms with van der Waals surface area (Å²) in [7, 11) is 0. The molecule has 2 N–H and O–H groups in total. The van der Waals surface area contributed by atoms with Crippen LogP contribution in [0.5, 0.6) is 0 Å². The van der Waals surface area contributed by atoms with E-state index < -0.39 is 5.97 Å². The maximum atomic E-state index is 10.9. The van der Waals surface area contributed by atoms with E-state index in [-0.39, 0.29) is 6.04 Å². The Morgan fingerprint density at radius 3 is 2.89 bits per heavy atom. The quantitative estimate of drug-likeness (QED) is 0.881. The lowest BCUT2D eigenvalue weighted by molar-refractivity contribution is 0.0702. The number of aromatic nitrogens is 1. The minimum atomic E-state index is -0.864. The number of carboxylic acids is 1. The molecule has 2 heterocycles. The summed E-state index contributed by atoms with van der Waals surface area (Å²) < 4.78 is 0. The number of carboxylic acid groups (broad SMARTS) is 1. The van der Waals surface area contributed by atoms with Gasteiger partial charge in [0.25, 0.3) is 0 Å². The first-order valence-corrected chi connectivity index (χ1v) is 6.86. The van der Waals surface area contributed by atoms with Gasteiger partial charge in [-0.1, -0.05) is 6.07 Å². The summed E-state index contributed by atoms with van der Waals surface area (Å²) in [6.07, 6.45) is 1.77. The van der Waals surface area contributed by atoms with Crippen molar-refractivity contribution < 1.29 is 9.90 Å². The molecule has 0 aliphatic rings. The summed E-state index contributed by atoms with van der Waals surface area (Å²) in [4.78, 5) is 16.6. The Balaban J connectivity index is 2.01. The van der Waals surface area contributed by atoms with E-state index in [0.29, 0.717) is 11.4 Å². The predicted molar refractivity (Wildman–Crippen MR) is 75.5 cm³/mol. The van der Waals surface area contributed by atoms with Gasteiger partial charge < -0.3 is 10.4 Å². The number of rotatable bonds is 5. The standard InChI is InChI=1S/C14H16N2O2S/c1-9(12-5-3-4-6-15-12)16-8-11-7-13(14(17)18)19-10(11)2/h3-7,9,16H,8H2,1-2H3,(H,17,18)/t9-/m0/s1. The molecule has 0 aromatic carbocycles. The van der Waals surface area contributed by atoms with Gasteiger partial charge in [-0.15, -0.1) is 11.3 Å². The minimum Gasteiger partial charge on any atom is -0.477 e. The van der Waals surface area contributed by atoms with Gasteiger partial charge in [-0.3, -0.25) is 4.98 Å². The number of thiophene rings is 1. The topological polar surface area (TPSA) is 62.2 Å². The Morgan fingerprint density at radius 1 is 1.53 bits per heavy atom. The van der Waals surface area contributed by atoms with Crippen LogP contribution in [0.4, 0.5) is 0 Å². The summed E-state index contributed by atoms with van der Waals surface area (Å²) in [6.45, 7) is 4.63. The van der Waals surface area contributed by atoms with Crippen LogP contribution in [0.15, 0.2) is 30.5 Å². The van der Waals surface area contributed by atoms with E-state index in [1.54, 1.807) is 12.3 Å². The van der Waals surface area contributed by atoms with Crippen molar-refractivity contribution in [2.24, 2.45) is 0 Å². The van der Waals surface area contributed by atoms with E-state index in [1.807, 2.05) is 32.0 Å². The smallest absolute Gasteiger partial charge is 0.345 e. The number of hydrogen-bond donors (Lipinski definition) is 2. The van der Waals surface area contributed by atoms with Crippen LogP contribution < -0.4 is 5.32 Å². The van der Waals surface area contributed by atoms with Crippen LogP contribution in [0.25, 0.3) is 0 Å². The molecule has 0 saturated heterocycles. The molecule has 0 spiro atoms. The van der Waals surface area contributed by atoms with Crippen LogP contribution in [0.2, 0.25) is 0 Å². The van der Waals surface area contributed by atoms with Crippen LogP contribution >= 0.6 is 11.3 Å². The third-order valence-corrected chi connectivity index (χ3v) is 4.04. The van der Waals surface area contributed by atoms with E-state index >= 15 is 0 Å². The van der Waals surface area contributed by atoms with E-state index in [1.165, 1.54) is 11.3 Å². The summed E-state index contributed by atoms with van der Waals surface area (Å²) in [5.41, 5.74) is 2.01. The van der Waals surface area contributed by atoms with Gasteiger partial charge in [0.2, 0.25) is 0 Å². The van der Waals surface area contributed by atoms with Crippen molar-refractivity contribution in [2.75, 3.05) is 0 Å². The molecule has 0 unspecified atom stereocenters. The lowest BCUT2D eigenvalue weighted by atomic mass is 10.2. The second kappa shape index (κ2) is 5.95. The maximum absolute atomic E-state index is 10.9. The van der Waals surface area contributed by atoms with Gasteiger partial charge in [0, 0.05) is 23.7 Å². The van der Waals surface area contributed by atoms with Crippen molar-refractivity contribution in [1.29, 1.82) is 0 Å². The van der Waals surface area contributed by atoms with Gasteiger partial charge in [0.15, 0.2) is 0 Å². The first-order chi connectivity index (χ1) is 9.08. The van der Waals surface area contributed by atoms with Crippen LogP contribution in [0.1, 0.15) is 38.8 Å². The van der Waals surface area contributed by atoms with Gasteiger partial charge in [0.1, 0.15) is 4.88 Å². The van der Waals surface area contributed by atoms with Crippen molar-refractivity contribution in [3.63, 3.8) is 0 Å². The van der Waals surface area contributed by atoms with E-state index in [9.17, 15) is 4.79 Å². The van der Waals surface area contributed by atoms with E-state index in [0.717, 1.165) is 16.1 Å². The molecule has 2 aromatic heterocycles. The molecule has 100 valence electrons. The molecule has 1 atom stereocenters.